The van der Waals surface area contributed by atoms with Crippen LogP contribution in [-0.4, -0.2) is 29.5 Å². The number of carbonyl (C=O) groups excluding carboxylic acids is 1. The summed E-state index contributed by atoms with van der Waals surface area (Å²) in [4.78, 5) is 14.8. The number of fused-ring (bicyclic) bond motifs is 1. The highest BCUT2D eigenvalue weighted by Crippen LogP contribution is 2.30. The van der Waals surface area contributed by atoms with Crippen molar-refractivity contribution in [3.05, 3.63) is 65.9 Å². The van der Waals surface area contributed by atoms with Crippen molar-refractivity contribution < 1.29 is 9.53 Å². The Kier molecular flexibility index (Phi) is 4.30. The lowest BCUT2D eigenvalue weighted by atomic mass is 10.0. The van der Waals surface area contributed by atoms with Crippen LogP contribution in [0.3, 0.4) is 0 Å². The summed E-state index contributed by atoms with van der Waals surface area (Å²) in [6.45, 7) is 2.01. The summed E-state index contributed by atoms with van der Waals surface area (Å²) < 4.78 is 7.42. The van der Waals surface area contributed by atoms with Crippen LogP contribution in [0.1, 0.15) is 28.9 Å². The summed E-state index contributed by atoms with van der Waals surface area (Å²) in [6.07, 6.45) is 1.90. The SMILES string of the molecule is COc1ccccc1[C@H](C)N(C)C(=O)c1cn(C)c2ccccc12. The zero-order chi connectivity index (χ0) is 17.3. The second-order valence-electron chi connectivity index (χ2n) is 6.00. The number of aromatic nitrogens is 1. The van der Waals surface area contributed by atoms with Gasteiger partial charge in [-0.2, -0.15) is 0 Å². The molecule has 0 aliphatic rings. The maximum atomic E-state index is 13.1. The lowest BCUT2D eigenvalue weighted by Crippen LogP contribution is -2.29. The van der Waals surface area contributed by atoms with Crippen LogP contribution in [0.5, 0.6) is 5.75 Å². The van der Waals surface area contributed by atoms with Crippen molar-refractivity contribution in [1.29, 1.82) is 0 Å². The number of aryl methyl sites for hydroxylation is 1. The van der Waals surface area contributed by atoms with Crippen molar-refractivity contribution in [2.75, 3.05) is 14.2 Å². The summed E-state index contributed by atoms with van der Waals surface area (Å²) in [6, 6.07) is 15.7. The first-order valence-corrected chi connectivity index (χ1v) is 7.98. The second-order valence-corrected chi connectivity index (χ2v) is 6.00. The average molecular weight is 322 g/mol. The van der Waals surface area contributed by atoms with E-state index in [4.69, 9.17) is 4.74 Å². The maximum Gasteiger partial charge on any atom is 0.256 e. The maximum absolute atomic E-state index is 13.1. The van der Waals surface area contributed by atoms with Crippen molar-refractivity contribution >= 4 is 16.8 Å². The highest BCUT2D eigenvalue weighted by Gasteiger charge is 2.23. The summed E-state index contributed by atoms with van der Waals surface area (Å²) >= 11 is 0. The molecule has 3 rings (SSSR count). The minimum Gasteiger partial charge on any atom is -0.496 e. The molecule has 0 aliphatic heterocycles. The van der Waals surface area contributed by atoms with Crippen LogP contribution in [0.4, 0.5) is 0 Å². The van der Waals surface area contributed by atoms with Crippen LogP contribution >= 0.6 is 0 Å². The van der Waals surface area contributed by atoms with E-state index in [-0.39, 0.29) is 11.9 Å². The predicted octanol–water partition coefficient (Wildman–Crippen LogP) is 4.02. The van der Waals surface area contributed by atoms with E-state index >= 15 is 0 Å². The van der Waals surface area contributed by atoms with Crippen LogP contribution < -0.4 is 4.74 Å². The molecule has 0 saturated heterocycles. The molecule has 24 heavy (non-hydrogen) atoms. The minimum atomic E-state index is -0.0902. The van der Waals surface area contributed by atoms with Gasteiger partial charge >= 0.3 is 0 Å². The molecule has 3 aromatic rings. The number of amides is 1. The zero-order valence-corrected chi connectivity index (χ0v) is 14.5. The standard InChI is InChI=1S/C20H22N2O2/c1-14(15-9-6-8-12-19(15)24-4)22(3)20(23)17-13-21(2)18-11-7-5-10-16(17)18/h5-14H,1-4H3/t14-/m0/s1. The molecule has 1 atom stereocenters. The second kappa shape index (κ2) is 6.40. The lowest BCUT2D eigenvalue weighted by Gasteiger charge is -2.26. The molecule has 1 aromatic heterocycles. The van der Waals surface area contributed by atoms with E-state index in [2.05, 4.69) is 0 Å². The number of carbonyl (C=O) groups is 1. The van der Waals surface area contributed by atoms with Crippen molar-refractivity contribution in [3.8, 4) is 5.75 Å². The van der Waals surface area contributed by atoms with E-state index in [1.54, 1.807) is 12.0 Å². The Morgan fingerprint density at radius 2 is 1.79 bits per heavy atom. The lowest BCUT2D eigenvalue weighted by molar-refractivity contribution is 0.0743. The van der Waals surface area contributed by atoms with Gasteiger partial charge in [0.1, 0.15) is 5.75 Å². The van der Waals surface area contributed by atoms with Gasteiger partial charge in [-0.15, -0.1) is 0 Å². The largest absolute Gasteiger partial charge is 0.496 e. The van der Waals surface area contributed by atoms with Crippen LogP contribution in [-0.2, 0) is 7.05 Å². The normalized spacial score (nSPS) is 12.2. The van der Waals surface area contributed by atoms with Crippen molar-refractivity contribution in [1.82, 2.24) is 9.47 Å². The predicted molar refractivity (Wildman–Crippen MR) is 96.4 cm³/mol. The quantitative estimate of drug-likeness (QED) is 0.727. The van der Waals surface area contributed by atoms with Gasteiger partial charge in [0.25, 0.3) is 5.91 Å². The molecule has 0 fully saturated rings. The molecule has 124 valence electrons. The molecule has 0 unspecified atom stereocenters. The molecule has 0 aliphatic carbocycles. The van der Waals surface area contributed by atoms with Crippen molar-refractivity contribution in [2.24, 2.45) is 7.05 Å². The first-order chi connectivity index (χ1) is 11.5. The van der Waals surface area contributed by atoms with E-state index < -0.39 is 0 Å². The highest BCUT2D eigenvalue weighted by molar-refractivity contribution is 6.07. The molecule has 4 heteroatoms. The molecule has 1 heterocycles. The van der Waals surface area contributed by atoms with Gasteiger partial charge in [-0.25, -0.2) is 0 Å². The molecule has 2 aromatic carbocycles. The first-order valence-electron chi connectivity index (χ1n) is 7.98. The molecule has 0 bridgehead atoms. The van der Waals surface area contributed by atoms with E-state index in [9.17, 15) is 4.79 Å². The third-order valence-electron chi connectivity index (χ3n) is 4.62. The van der Waals surface area contributed by atoms with E-state index in [1.165, 1.54) is 0 Å². The third-order valence-corrected chi connectivity index (χ3v) is 4.62. The van der Waals surface area contributed by atoms with E-state index in [1.807, 2.05) is 80.3 Å². The summed E-state index contributed by atoms with van der Waals surface area (Å²) in [5, 5.41) is 0.976. The van der Waals surface area contributed by atoms with Gasteiger partial charge in [-0.3, -0.25) is 4.79 Å². The molecule has 1 amide bonds. The Morgan fingerprint density at radius 3 is 2.54 bits per heavy atom. The molecule has 0 saturated carbocycles. The molecule has 0 spiro atoms. The Balaban J connectivity index is 1.97. The van der Waals surface area contributed by atoms with E-state index in [0.717, 1.165) is 27.8 Å². The van der Waals surface area contributed by atoms with Gasteiger partial charge in [-0.1, -0.05) is 36.4 Å². The Morgan fingerprint density at radius 1 is 1.12 bits per heavy atom. The zero-order valence-electron chi connectivity index (χ0n) is 14.5. The highest BCUT2D eigenvalue weighted by atomic mass is 16.5. The fraction of sp³-hybridized carbons (Fsp3) is 0.250. The van der Waals surface area contributed by atoms with Crippen LogP contribution in [0.25, 0.3) is 10.9 Å². The fourth-order valence-corrected chi connectivity index (χ4v) is 3.10. The number of nitrogens with zero attached hydrogens (tertiary/aromatic N) is 2. The topological polar surface area (TPSA) is 34.5 Å². The molecule has 0 N–H and O–H groups in total. The smallest absolute Gasteiger partial charge is 0.256 e. The van der Waals surface area contributed by atoms with Gasteiger partial charge in [-0.05, 0) is 19.1 Å². The van der Waals surface area contributed by atoms with Crippen LogP contribution in [0.15, 0.2) is 54.7 Å². The number of hydrogen-bond donors (Lipinski definition) is 0. The van der Waals surface area contributed by atoms with Gasteiger partial charge < -0.3 is 14.2 Å². The number of methoxy groups -OCH3 is 1. The van der Waals surface area contributed by atoms with Crippen LogP contribution in [0, 0.1) is 0 Å². The minimum absolute atomic E-state index is 0.00482. The Bertz CT molecular complexity index is 882. The monoisotopic (exact) mass is 322 g/mol. The fourth-order valence-electron chi connectivity index (χ4n) is 3.10. The third kappa shape index (κ3) is 2.64. The Hall–Kier alpha value is -2.75. The van der Waals surface area contributed by atoms with Crippen molar-refractivity contribution in [3.63, 3.8) is 0 Å². The Labute approximate surface area is 142 Å². The van der Waals surface area contributed by atoms with Gasteiger partial charge in [0.15, 0.2) is 0 Å². The van der Waals surface area contributed by atoms with Crippen molar-refractivity contribution in [2.45, 2.75) is 13.0 Å². The first kappa shape index (κ1) is 16.1. The summed E-state index contributed by atoms with van der Waals surface area (Å²) in [5.41, 5.74) is 2.77. The van der Waals surface area contributed by atoms with Gasteiger partial charge in [0, 0.05) is 36.8 Å². The summed E-state index contributed by atoms with van der Waals surface area (Å²) in [5.74, 6) is 0.799. The van der Waals surface area contributed by atoms with Gasteiger partial charge in [0.2, 0.25) is 0 Å². The average Bonchev–Trinajstić information content (AvgIpc) is 2.97. The number of ether oxygens (including phenoxy) is 1. The van der Waals surface area contributed by atoms with Crippen LogP contribution in [0.2, 0.25) is 0 Å². The number of benzene rings is 2. The number of rotatable bonds is 4. The summed E-state index contributed by atoms with van der Waals surface area (Å²) in [7, 11) is 5.45. The number of para-hydroxylation sites is 2. The molecular formula is C20H22N2O2. The molecular weight excluding hydrogens is 300 g/mol. The van der Waals surface area contributed by atoms with Gasteiger partial charge in [0.05, 0.1) is 18.7 Å². The molecule has 4 nitrogen and oxygen atoms in total. The van der Waals surface area contributed by atoms with E-state index in [0.29, 0.717) is 0 Å². The number of hydrogen-bond acceptors (Lipinski definition) is 2. The molecule has 0 radical (unpaired) electrons.